The standard InChI is InChI=1S/C25H28N4O3/c1-18-4-5-20(16-19(18)2)23-10-11-24(30)29(26-23)17-25(31)28-14-12-27(13-15-28)21-6-8-22(32-3)9-7-21/h4-11,16H,12-15,17H2,1-3H3. The number of methoxy groups -OCH3 is 1. The van der Waals surface area contributed by atoms with Gasteiger partial charge in [0.05, 0.1) is 12.8 Å². The minimum atomic E-state index is -0.275. The first-order valence-electron chi connectivity index (χ1n) is 10.8. The first kappa shape index (κ1) is 21.6. The van der Waals surface area contributed by atoms with E-state index in [1.807, 2.05) is 49.4 Å². The molecule has 0 radical (unpaired) electrons. The molecule has 32 heavy (non-hydrogen) atoms. The first-order valence-corrected chi connectivity index (χ1v) is 10.8. The van der Waals surface area contributed by atoms with Gasteiger partial charge in [0.1, 0.15) is 12.3 Å². The Bertz CT molecular complexity index is 1160. The molecule has 2 aromatic carbocycles. The largest absolute Gasteiger partial charge is 0.497 e. The lowest BCUT2D eigenvalue weighted by Crippen LogP contribution is -2.50. The van der Waals surface area contributed by atoms with Crippen molar-refractivity contribution in [1.82, 2.24) is 14.7 Å². The minimum absolute atomic E-state index is 0.0555. The van der Waals surface area contributed by atoms with Crippen molar-refractivity contribution in [2.75, 3.05) is 38.2 Å². The van der Waals surface area contributed by atoms with Gasteiger partial charge in [-0.2, -0.15) is 5.10 Å². The summed E-state index contributed by atoms with van der Waals surface area (Å²) in [5, 5.41) is 4.46. The van der Waals surface area contributed by atoms with Gasteiger partial charge in [-0.3, -0.25) is 9.59 Å². The summed E-state index contributed by atoms with van der Waals surface area (Å²) in [6.07, 6.45) is 0. The van der Waals surface area contributed by atoms with Crippen LogP contribution in [0.4, 0.5) is 5.69 Å². The molecule has 0 spiro atoms. The Morgan fingerprint density at radius 3 is 2.31 bits per heavy atom. The summed E-state index contributed by atoms with van der Waals surface area (Å²) in [5.74, 6) is 0.731. The molecule has 0 aliphatic carbocycles. The fraction of sp³-hybridized carbons (Fsp3) is 0.320. The van der Waals surface area contributed by atoms with Crippen molar-refractivity contribution in [3.63, 3.8) is 0 Å². The number of ether oxygens (including phenoxy) is 1. The normalized spacial score (nSPS) is 13.8. The van der Waals surface area contributed by atoms with Gasteiger partial charge in [-0.15, -0.1) is 0 Å². The second-order valence-corrected chi connectivity index (χ2v) is 8.08. The maximum atomic E-state index is 12.9. The molecule has 1 aliphatic rings. The second-order valence-electron chi connectivity index (χ2n) is 8.08. The van der Waals surface area contributed by atoms with E-state index >= 15 is 0 Å². The van der Waals surface area contributed by atoms with Crippen molar-refractivity contribution in [1.29, 1.82) is 0 Å². The molecule has 0 bridgehead atoms. The molecular weight excluding hydrogens is 404 g/mol. The SMILES string of the molecule is COc1ccc(N2CCN(C(=O)Cn3nc(-c4ccc(C)c(C)c4)ccc3=O)CC2)cc1. The number of carbonyl (C=O) groups is 1. The van der Waals surface area contributed by atoms with Crippen LogP contribution in [0.25, 0.3) is 11.3 Å². The Morgan fingerprint density at radius 1 is 0.938 bits per heavy atom. The van der Waals surface area contributed by atoms with Gasteiger partial charge >= 0.3 is 0 Å². The lowest BCUT2D eigenvalue weighted by Gasteiger charge is -2.36. The number of aryl methyl sites for hydroxylation is 2. The van der Waals surface area contributed by atoms with Gasteiger partial charge in [0.2, 0.25) is 5.91 Å². The summed E-state index contributed by atoms with van der Waals surface area (Å²) in [6.45, 7) is 6.74. The number of rotatable bonds is 5. The zero-order chi connectivity index (χ0) is 22.7. The molecule has 3 aromatic rings. The summed E-state index contributed by atoms with van der Waals surface area (Å²) >= 11 is 0. The van der Waals surface area contributed by atoms with E-state index in [0.717, 1.165) is 35.7 Å². The third-order valence-corrected chi connectivity index (χ3v) is 6.02. The fourth-order valence-electron chi connectivity index (χ4n) is 3.85. The molecular formula is C25H28N4O3. The summed E-state index contributed by atoms with van der Waals surface area (Å²) in [6, 6.07) is 17.2. The maximum Gasteiger partial charge on any atom is 0.267 e. The van der Waals surface area contributed by atoms with Crippen LogP contribution in [0.15, 0.2) is 59.4 Å². The highest BCUT2D eigenvalue weighted by Crippen LogP contribution is 2.21. The highest BCUT2D eigenvalue weighted by molar-refractivity contribution is 5.76. The van der Waals surface area contributed by atoms with E-state index in [2.05, 4.69) is 16.9 Å². The van der Waals surface area contributed by atoms with Crippen molar-refractivity contribution < 1.29 is 9.53 Å². The number of anilines is 1. The van der Waals surface area contributed by atoms with Gasteiger partial charge in [0.15, 0.2) is 0 Å². The molecule has 0 atom stereocenters. The number of hydrogen-bond donors (Lipinski definition) is 0. The van der Waals surface area contributed by atoms with E-state index in [1.165, 1.54) is 16.3 Å². The Hall–Kier alpha value is -3.61. The monoisotopic (exact) mass is 432 g/mol. The van der Waals surface area contributed by atoms with Gasteiger partial charge in [0.25, 0.3) is 5.56 Å². The highest BCUT2D eigenvalue weighted by atomic mass is 16.5. The fourth-order valence-corrected chi connectivity index (χ4v) is 3.85. The minimum Gasteiger partial charge on any atom is -0.497 e. The summed E-state index contributed by atoms with van der Waals surface area (Å²) < 4.78 is 6.48. The molecule has 0 unspecified atom stereocenters. The van der Waals surface area contributed by atoms with Gasteiger partial charge in [0, 0.05) is 43.5 Å². The summed E-state index contributed by atoms with van der Waals surface area (Å²) in [4.78, 5) is 29.3. The summed E-state index contributed by atoms with van der Waals surface area (Å²) in [5.41, 5.74) is 4.81. The molecule has 166 valence electrons. The zero-order valence-corrected chi connectivity index (χ0v) is 18.7. The van der Waals surface area contributed by atoms with E-state index in [-0.39, 0.29) is 18.0 Å². The van der Waals surface area contributed by atoms with Crippen LogP contribution in [0.1, 0.15) is 11.1 Å². The number of benzene rings is 2. The van der Waals surface area contributed by atoms with Crippen LogP contribution in [0.2, 0.25) is 0 Å². The molecule has 2 heterocycles. The Labute approximate surface area is 187 Å². The predicted molar refractivity (Wildman–Crippen MR) is 125 cm³/mol. The number of nitrogens with zero attached hydrogens (tertiary/aromatic N) is 4. The molecule has 7 nitrogen and oxygen atoms in total. The molecule has 1 saturated heterocycles. The lowest BCUT2D eigenvalue weighted by atomic mass is 10.0. The van der Waals surface area contributed by atoms with Crippen LogP contribution in [0.3, 0.4) is 0 Å². The van der Waals surface area contributed by atoms with E-state index < -0.39 is 0 Å². The van der Waals surface area contributed by atoms with E-state index in [0.29, 0.717) is 18.8 Å². The lowest BCUT2D eigenvalue weighted by molar-refractivity contribution is -0.132. The van der Waals surface area contributed by atoms with E-state index in [4.69, 9.17) is 4.74 Å². The zero-order valence-electron chi connectivity index (χ0n) is 18.7. The number of amides is 1. The average Bonchev–Trinajstić information content (AvgIpc) is 2.82. The van der Waals surface area contributed by atoms with Crippen LogP contribution in [0.5, 0.6) is 5.75 Å². The number of piperazine rings is 1. The molecule has 1 amide bonds. The molecule has 4 rings (SSSR count). The Balaban J connectivity index is 1.41. The topological polar surface area (TPSA) is 67.7 Å². The second kappa shape index (κ2) is 9.26. The molecule has 0 saturated carbocycles. The van der Waals surface area contributed by atoms with Crippen LogP contribution >= 0.6 is 0 Å². The third-order valence-electron chi connectivity index (χ3n) is 6.02. The molecule has 1 aliphatic heterocycles. The van der Waals surface area contributed by atoms with E-state index in [9.17, 15) is 9.59 Å². The maximum absolute atomic E-state index is 12.9. The van der Waals surface area contributed by atoms with Gasteiger partial charge in [-0.25, -0.2) is 4.68 Å². The highest BCUT2D eigenvalue weighted by Gasteiger charge is 2.22. The number of hydrogen-bond acceptors (Lipinski definition) is 5. The number of aromatic nitrogens is 2. The van der Waals surface area contributed by atoms with Crippen LogP contribution in [0, 0.1) is 13.8 Å². The van der Waals surface area contributed by atoms with Gasteiger partial charge < -0.3 is 14.5 Å². The van der Waals surface area contributed by atoms with Crippen LogP contribution < -0.4 is 15.2 Å². The molecule has 7 heteroatoms. The first-order chi connectivity index (χ1) is 15.4. The predicted octanol–water partition coefficient (Wildman–Crippen LogP) is 2.88. The average molecular weight is 433 g/mol. The molecule has 0 N–H and O–H groups in total. The van der Waals surface area contributed by atoms with Crippen molar-refractivity contribution in [3.05, 3.63) is 76.1 Å². The van der Waals surface area contributed by atoms with Gasteiger partial charge in [-0.1, -0.05) is 12.1 Å². The van der Waals surface area contributed by atoms with Crippen molar-refractivity contribution >= 4 is 11.6 Å². The Kier molecular flexibility index (Phi) is 6.25. The van der Waals surface area contributed by atoms with Crippen molar-refractivity contribution in [3.8, 4) is 17.0 Å². The van der Waals surface area contributed by atoms with Crippen molar-refractivity contribution in [2.24, 2.45) is 0 Å². The summed E-state index contributed by atoms with van der Waals surface area (Å²) in [7, 11) is 1.65. The number of carbonyl (C=O) groups excluding carboxylic acids is 1. The molecule has 1 aromatic heterocycles. The smallest absolute Gasteiger partial charge is 0.267 e. The third kappa shape index (κ3) is 4.66. The molecule has 1 fully saturated rings. The quantitative estimate of drug-likeness (QED) is 0.620. The van der Waals surface area contributed by atoms with E-state index in [1.54, 1.807) is 18.1 Å². The Morgan fingerprint density at radius 2 is 1.66 bits per heavy atom. The van der Waals surface area contributed by atoms with Crippen LogP contribution in [-0.2, 0) is 11.3 Å². The van der Waals surface area contributed by atoms with Gasteiger partial charge in [-0.05, 0) is 61.4 Å². The van der Waals surface area contributed by atoms with Crippen molar-refractivity contribution in [2.45, 2.75) is 20.4 Å². The van der Waals surface area contributed by atoms with Crippen LogP contribution in [-0.4, -0.2) is 53.9 Å².